The average molecular weight is 331 g/mol. The number of benzene rings is 1. The van der Waals surface area contributed by atoms with Crippen molar-refractivity contribution in [3.8, 4) is 0 Å². The summed E-state index contributed by atoms with van der Waals surface area (Å²) in [4.78, 5) is 24.7. The summed E-state index contributed by atoms with van der Waals surface area (Å²) >= 11 is 1.39. The number of carbonyl (C=O) groups excluding carboxylic acids is 2. The number of hydrogen-bond acceptors (Lipinski definition) is 4. The van der Waals surface area contributed by atoms with Crippen molar-refractivity contribution >= 4 is 28.2 Å². The molecule has 0 atom stereocenters. The second-order valence-corrected chi connectivity index (χ2v) is 6.74. The molecule has 1 aromatic heterocycles. The van der Waals surface area contributed by atoms with E-state index in [1.54, 1.807) is 6.07 Å². The molecule has 0 fully saturated rings. The number of amides is 1. The molecule has 1 N–H and O–H groups in total. The van der Waals surface area contributed by atoms with Gasteiger partial charge in [-0.15, -0.1) is 11.3 Å². The Kier molecular flexibility index (Phi) is 5.93. The molecule has 2 aromatic rings. The monoisotopic (exact) mass is 331 g/mol. The van der Waals surface area contributed by atoms with Crippen molar-refractivity contribution in [1.29, 1.82) is 0 Å². The number of hydrogen-bond donors (Lipinski definition) is 1. The molecule has 0 aliphatic heterocycles. The first kappa shape index (κ1) is 17.2. The van der Waals surface area contributed by atoms with E-state index >= 15 is 0 Å². The lowest BCUT2D eigenvalue weighted by Gasteiger charge is -2.06. The van der Waals surface area contributed by atoms with E-state index in [9.17, 15) is 9.59 Å². The Balaban J connectivity index is 1.87. The smallest absolute Gasteiger partial charge is 0.340 e. The molecule has 2 rings (SSSR count). The number of nitrogens with one attached hydrogen (secondary N) is 1. The Morgan fingerprint density at radius 2 is 1.87 bits per heavy atom. The molecule has 0 radical (unpaired) electrons. The number of aryl methyl sites for hydroxylation is 3. The van der Waals surface area contributed by atoms with Gasteiger partial charge in [0.25, 0.3) is 0 Å². The van der Waals surface area contributed by atoms with E-state index in [4.69, 9.17) is 4.74 Å². The van der Waals surface area contributed by atoms with Gasteiger partial charge in [-0.1, -0.05) is 29.8 Å². The van der Waals surface area contributed by atoms with Crippen molar-refractivity contribution in [3.63, 3.8) is 0 Å². The van der Waals surface area contributed by atoms with Crippen LogP contribution in [0.4, 0.5) is 5.00 Å². The molecule has 0 saturated carbocycles. The van der Waals surface area contributed by atoms with Gasteiger partial charge < -0.3 is 10.1 Å². The van der Waals surface area contributed by atoms with Crippen molar-refractivity contribution < 1.29 is 14.3 Å². The molecular formula is C18H21NO3S. The Morgan fingerprint density at radius 3 is 2.52 bits per heavy atom. The van der Waals surface area contributed by atoms with Crippen LogP contribution in [-0.4, -0.2) is 19.0 Å². The third-order valence-electron chi connectivity index (χ3n) is 3.50. The minimum Gasteiger partial charge on any atom is -0.465 e. The molecule has 23 heavy (non-hydrogen) atoms. The predicted molar refractivity (Wildman–Crippen MR) is 93.1 cm³/mol. The molecule has 122 valence electrons. The zero-order chi connectivity index (χ0) is 16.8. The standard InChI is InChI=1S/C18H21NO3S/c1-12-7-9-14(10-8-12)5-4-6-16(20)19-17-15(18(21)22-3)11-13(2)23-17/h7-11H,4-6H2,1-3H3,(H,19,20). The van der Waals surface area contributed by atoms with Crippen molar-refractivity contribution in [2.24, 2.45) is 0 Å². The maximum absolute atomic E-state index is 12.1. The lowest BCUT2D eigenvalue weighted by molar-refractivity contribution is -0.116. The van der Waals surface area contributed by atoms with Gasteiger partial charge in [0.1, 0.15) is 5.00 Å². The molecule has 1 heterocycles. The number of esters is 1. The number of anilines is 1. The zero-order valence-electron chi connectivity index (χ0n) is 13.6. The largest absolute Gasteiger partial charge is 0.465 e. The number of ether oxygens (including phenoxy) is 1. The van der Waals surface area contributed by atoms with Crippen molar-refractivity contribution in [2.45, 2.75) is 33.1 Å². The first-order chi connectivity index (χ1) is 11.0. The van der Waals surface area contributed by atoms with Gasteiger partial charge in [-0.25, -0.2) is 4.79 Å². The minimum absolute atomic E-state index is 0.0795. The fourth-order valence-corrected chi connectivity index (χ4v) is 3.18. The lowest BCUT2D eigenvalue weighted by Crippen LogP contribution is -2.13. The summed E-state index contributed by atoms with van der Waals surface area (Å²) in [6, 6.07) is 10.1. The highest BCUT2D eigenvalue weighted by Gasteiger charge is 2.17. The van der Waals surface area contributed by atoms with Crippen LogP contribution in [0.2, 0.25) is 0 Å². The molecule has 4 nitrogen and oxygen atoms in total. The van der Waals surface area contributed by atoms with E-state index in [0.717, 1.165) is 17.7 Å². The van der Waals surface area contributed by atoms with Gasteiger partial charge in [0, 0.05) is 11.3 Å². The minimum atomic E-state index is -0.427. The molecule has 0 spiro atoms. The van der Waals surface area contributed by atoms with E-state index < -0.39 is 5.97 Å². The average Bonchev–Trinajstić information content (AvgIpc) is 2.89. The van der Waals surface area contributed by atoms with Crippen LogP contribution in [0.3, 0.4) is 0 Å². The number of rotatable bonds is 6. The Morgan fingerprint density at radius 1 is 1.17 bits per heavy atom. The van der Waals surface area contributed by atoms with Gasteiger partial charge in [0.2, 0.25) is 5.91 Å². The number of thiophene rings is 1. The van der Waals surface area contributed by atoms with Crippen LogP contribution in [0.25, 0.3) is 0 Å². The highest BCUT2D eigenvalue weighted by molar-refractivity contribution is 7.16. The lowest BCUT2D eigenvalue weighted by atomic mass is 10.1. The topological polar surface area (TPSA) is 55.4 Å². The summed E-state index contributed by atoms with van der Waals surface area (Å²) in [7, 11) is 1.34. The first-order valence-corrected chi connectivity index (χ1v) is 8.35. The van der Waals surface area contributed by atoms with E-state index in [0.29, 0.717) is 17.0 Å². The third-order valence-corrected chi connectivity index (χ3v) is 4.47. The zero-order valence-corrected chi connectivity index (χ0v) is 14.5. The molecule has 0 unspecified atom stereocenters. The second kappa shape index (κ2) is 7.92. The number of carbonyl (C=O) groups is 2. The predicted octanol–water partition coefficient (Wildman–Crippen LogP) is 4.11. The van der Waals surface area contributed by atoms with Gasteiger partial charge in [-0.05, 0) is 38.3 Å². The fourth-order valence-electron chi connectivity index (χ4n) is 2.27. The van der Waals surface area contributed by atoms with Gasteiger partial charge >= 0.3 is 5.97 Å². The summed E-state index contributed by atoms with van der Waals surface area (Å²) in [5.41, 5.74) is 2.88. The van der Waals surface area contributed by atoms with Crippen molar-refractivity contribution in [3.05, 3.63) is 51.9 Å². The van der Waals surface area contributed by atoms with Crippen LogP contribution in [-0.2, 0) is 16.0 Å². The van der Waals surface area contributed by atoms with Crippen LogP contribution in [0.1, 0.15) is 39.2 Å². The summed E-state index contributed by atoms with van der Waals surface area (Å²) < 4.78 is 4.74. The maximum Gasteiger partial charge on any atom is 0.340 e. The second-order valence-electron chi connectivity index (χ2n) is 5.48. The molecule has 0 bridgehead atoms. The molecular weight excluding hydrogens is 310 g/mol. The van der Waals surface area contributed by atoms with Crippen molar-refractivity contribution in [2.75, 3.05) is 12.4 Å². The Hall–Kier alpha value is -2.14. The van der Waals surface area contributed by atoms with E-state index in [2.05, 4.69) is 36.5 Å². The van der Waals surface area contributed by atoms with Gasteiger partial charge in [0.05, 0.1) is 12.7 Å². The van der Waals surface area contributed by atoms with Crippen LogP contribution >= 0.6 is 11.3 Å². The Labute approximate surface area is 140 Å². The highest BCUT2D eigenvalue weighted by atomic mass is 32.1. The molecule has 1 aromatic carbocycles. The molecule has 0 aliphatic rings. The molecule has 5 heteroatoms. The molecule has 0 aliphatic carbocycles. The summed E-state index contributed by atoms with van der Waals surface area (Å²) in [6.07, 6.45) is 2.05. The highest BCUT2D eigenvalue weighted by Crippen LogP contribution is 2.28. The quantitative estimate of drug-likeness (QED) is 0.810. The SMILES string of the molecule is COC(=O)c1cc(C)sc1NC(=O)CCCc1ccc(C)cc1. The first-order valence-electron chi connectivity index (χ1n) is 7.53. The number of methoxy groups -OCH3 is 1. The summed E-state index contributed by atoms with van der Waals surface area (Å²) in [5.74, 6) is -0.506. The van der Waals surface area contributed by atoms with E-state index in [1.807, 2.05) is 6.92 Å². The van der Waals surface area contributed by atoms with E-state index in [1.165, 1.54) is 29.6 Å². The van der Waals surface area contributed by atoms with E-state index in [-0.39, 0.29) is 5.91 Å². The third kappa shape index (κ3) is 4.93. The molecule has 0 saturated heterocycles. The fraction of sp³-hybridized carbons (Fsp3) is 0.333. The summed E-state index contributed by atoms with van der Waals surface area (Å²) in [5, 5.41) is 3.39. The summed E-state index contributed by atoms with van der Waals surface area (Å²) in [6.45, 7) is 3.95. The maximum atomic E-state index is 12.1. The van der Waals surface area contributed by atoms with Crippen molar-refractivity contribution in [1.82, 2.24) is 0 Å². The van der Waals surface area contributed by atoms with Gasteiger partial charge in [-0.2, -0.15) is 0 Å². The molecule has 1 amide bonds. The Bertz CT molecular complexity index is 689. The van der Waals surface area contributed by atoms with Crippen LogP contribution in [0, 0.1) is 13.8 Å². The van der Waals surface area contributed by atoms with Gasteiger partial charge in [0.15, 0.2) is 0 Å². The normalized spacial score (nSPS) is 10.4. The van der Waals surface area contributed by atoms with Crippen LogP contribution in [0.5, 0.6) is 0 Å². The van der Waals surface area contributed by atoms with Crippen LogP contribution in [0.15, 0.2) is 30.3 Å². The van der Waals surface area contributed by atoms with Gasteiger partial charge in [-0.3, -0.25) is 4.79 Å². The van der Waals surface area contributed by atoms with Crippen LogP contribution < -0.4 is 5.32 Å².